The molecule has 0 aromatic heterocycles. The molecular formula is C9H20ClNO3S. The number of sulfonamides is 1. The predicted octanol–water partition coefficient (Wildman–Crippen LogP) is 1.35. The van der Waals surface area contributed by atoms with Gasteiger partial charge in [-0.1, -0.05) is 6.92 Å². The van der Waals surface area contributed by atoms with Gasteiger partial charge in [0, 0.05) is 18.5 Å². The van der Waals surface area contributed by atoms with Gasteiger partial charge in [0.25, 0.3) is 0 Å². The molecule has 0 aromatic carbocycles. The van der Waals surface area contributed by atoms with Crippen molar-refractivity contribution in [2.75, 3.05) is 25.3 Å². The number of hydrogen-bond donors (Lipinski definition) is 1. The van der Waals surface area contributed by atoms with E-state index >= 15 is 0 Å². The lowest BCUT2D eigenvalue weighted by Gasteiger charge is -2.28. The number of hydrogen-bond acceptors (Lipinski definition) is 3. The second-order valence-corrected chi connectivity index (χ2v) is 5.99. The molecular weight excluding hydrogens is 238 g/mol. The summed E-state index contributed by atoms with van der Waals surface area (Å²) in [5.74, 6) is 0.429. The summed E-state index contributed by atoms with van der Waals surface area (Å²) < 4.78 is 30.6. The van der Waals surface area contributed by atoms with Gasteiger partial charge in [0.15, 0.2) is 0 Å². The Kier molecular flexibility index (Phi) is 6.75. The fraction of sp³-hybridized carbons (Fsp3) is 1.00. The van der Waals surface area contributed by atoms with Gasteiger partial charge < -0.3 is 4.74 Å². The van der Waals surface area contributed by atoms with Crippen LogP contribution in [0.15, 0.2) is 0 Å². The van der Waals surface area contributed by atoms with Crippen LogP contribution in [0.1, 0.15) is 26.7 Å². The Labute approximate surface area is 97.4 Å². The smallest absolute Gasteiger partial charge is 0.214 e. The molecule has 1 N–H and O–H groups in total. The molecule has 1 unspecified atom stereocenters. The van der Waals surface area contributed by atoms with Gasteiger partial charge in [0.2, 0.25) is 10.0 Å². The van der Waals surface area contributed by atoms with E-state index in [0.29, 0.717) is 18.7 Å². The lowest BCUT2D eigenvalue weighted by Crippen LogP contribution is -2.47. The van der Waals surface area contributed by atoms with Crippen LogP contribution in [0, 0.1) is 0 Å². The molecule has 92 valence electrons. The summed E-state index contributed by atoms with van der Waals surface area (Å²) in [5, 5.41) is 0. The van der Waals surface area contributed by atoms with Crippen LogP contribution in [0.2, 0.25) is 0 Å². The van der Waals surface area contributed by atoms with Crippen LogP contribution in [0.5, 0.6) is 0 Å². The van der Waals surface area contributed by atoms with E-state index in [1.807, 2.05) is 13.8 Å². The first-order chi connectivity index (χ1) is 6.89. The maximum absolute atomic E-state index is 11.6. The van der Waals surface area contributed by atoms with Crippen molar-refractivity contribution in [3.8, 4) is 0 Å². The number of halogens is 1. The first-order valence-electron chi connectivity index (χ1n) is 4.95. The van der Waals surface area contributed by atoms with Crippen LogP contribution >= 0.6 is 11.6 Å². The Morgan fingerprint density at radius 1 is 1.47 bits per heavy atom. The van der Waals surface area contributed by atoms with Crippen LogP contribution in [-0.4, -0.2) is 39.3 Å². The van der Waals surface area contributed by atoms with Crippen LogP contribution in [-0.2, 0) is 14.8 Å². The van der Waals surface area contributed by atoms with Gasteiger partial charge in [0.05, 0.1) is 12.4 Å². The van der Waals surface area contributed by atoms with Crippen LogP contribution in [0.25, 0.3) is 0 Å². The van der Waals surface area contributed by atoms with E-state index in [1.54, 1.807) is 0 Å². The van der Waals surface area contributed by atoms with Crippen molar-refractivity contribution in [3.05, 3.63) is 0 Å². The number of methoxy groups -OCH3 is 1. The van der Waals surface area contributed by atoms with E-state index in [2.05, 4.69) is 4.72 Å². The number of nitrogens with one attached hydrogen (secondary N) is 1. The zero-order valence-corrected chi connectivity index (χ0v) is 11.1. The minimum absolute atomic E-state index is 0.0125. The number of rotatable bonds is 8. The first-order valence-corrected chi connectivity index (χ1v) is 7.14. The third kappa shape index (κ3) is 6.35. The van der Waals surface area contributed by atoms with Crippen molar-refractivity contribution >= 4 is 21.6 Å². The van der Waals surface area contributed by atoms with E-state index in [-0.39, 0.29) is 12.4 Å². The second-order valence-electron chi connectivity index (χ2n) is 3.77. The van der Waals surface area contributed by atoms with Gasteiger partial charge in [-0.15, -0.1) is 11.6 Å². The van der Waals surface area contributed by atoms with E-state index < -0.39 is 15.6 Å². The van der Waals surface area contributed by atoms with Crippen molar-refractivity contribution in [1.29, 1.82) is 0 Å². The molecule has 0 rings (SSSR count). The summed E-state index contributed by atoms with van der Waals surface area (Å²) in [4.78, 5) is 0. The average Bonchev–Trinajstić information content (AvgIpc) is 2.14. The molecule has 0 aliphatic carbocycles. The van der Waals surface area contributed by atoms with E-state index in [4.69, 9.17) is 16.3 Å². The molecule has 4 nitrogen and oxygen atoms in total. The average molecular weight is 258 g/mol. The molecule has 6 heteroatoms. The van der Waals surface area contributed by atoms with Crippen molar-refractivity contribution < 1.29 is 13.2 Å². The van der Waals surface area contributed by atoms with Crippen LogP contribution in [0.3, 0.4) is 0 Å². The van der Waals surface area contributed by atoms with Crippen molar-refractivity contribution in [3.63, 3.8) is 0 Å². The summed E-state index contributed by atoms with van der Waals surface area (Å²) in [6.07, 6.45) is 1.34. The molecule has 0 heterocycles. The minimum Gasteiger partial charge on any atom is -0.384 e. The Morgan fingerprint density at radius 2 is 2.07 bits per heavy atom. The largest absolute Gasteiger partial charge is 0.384 e. The van der Waals surface area contributed by atoms with E-state index in [1.165, 1.54) is 7.11 Å². The second kappa shape index (κ2) is 6.68. The third-order valence-electron chi connectivity index (χ3n) is 2.38. The fourth-order valence-corrected chi connectivity index (χ4v) is 3.03. The Balaban J connectivity index is 4.39. The Hall–Kier alpha value is 0.160. The summed E-state index contributed by atoms with van der Waals surface area (Å²) in [6, 6.07) is 0. The molecule has 0 aromatic rings. The lowest BCUT2D eigenvalue weighted by atomic mass is 9.97. The summed E-state index contributed by atoms with van der Waals surface area (Å²) in [5.41, 5.74) is -0.450. The van der Waals surface area contributed by atoms with Gasteiger partial charge in [-0.05, 0) is 19.8 Å². The van der Waals surface area contributed by atoms with Gasteiger partial charge in [0.1, 0.15) is 0 Å². The summed E-state index contributed by atoms with van der Waals surface area (Å²) in [6.45, 7) is 4.00. The molecule has 0 aliphatic rings. The molecule has 0 aliphatic heterocycles. The normalized spacial score (nSPS) is 16.3. The lowest BCUT2D eigenvalue weighted by molar-refractivity contribution is 0.216. The molecule has 0 radical (unpaired) electrons. The van der Waals surface area contributed by atoms with Crippen molar-refractivity contribution in [2.45, 2.75) is 32.2 Å². The molecule has 0 amide bonds. The zero-order chi connectivity index (χ0) is 11.9. The Bertz CT molecular complexity index is 269. The minimum atomic E-state index is -3.27. The van der Waals surface area contributed by atoms with Gasteiger partial charge >= 0.3 is 0 Å². The third-order valence-corrected chi connectivity index (χ3v) is 4.08. The summed E-state index contributed by atoms with van der Waals surface area (Å²) >= 11 is 5.64. The molecule has 0 saturated heterocycles. The molecule has 1 atom stereocenters. The standard InChI is InChI=1S/C9H20ClNO3S/c1-4-9(2,5-6-10)11-15(12,13)8-7-14-3/h11H,4-8H2,1-3H3. The van der Waals surface area contributed by atoms with E-state index in [9.17, 15) is 8.42 Å². The van der Waals surface area contributed by atoms with Crippen LogP contribution < -0.4 is 4.72 Å². The van der Waals surface area contributed by atoms with Crippen molar-refractivity contribution in [1.82, 2.24) is 4.72 Å². The zero-order valence-electron chi connectivity index (χ0n) is 9.55. The van der Waals surface area contributed by atoms with Gasteiger partial charge in [-0.2, -0.15) is 0 Å². The maximum atomic E-state index is 11.6. The van der Waals surface area contributed by atoms with Crippen LogP contribution in [0.4, 0.5) is 0 Å². The SMILES string of the molecule is CCC(C)(CCCl)NS(=O)(=O)CCOC. The predicted molar refractivity (Wildman–Crippen MR) is 62.8 cm³/mol. The van der Waals surface area contributed by atoms with Gasteiger partial charge in [-0.3, -0.25) is 0 Å². The molecule has 0 fully saturated rings. The highest BCUT2D eigenvalue weighted by Crippen LogP contribution is 2.16. The highest BCUT2D eigenvalue weighted by atomic mass is 35.5. The summed E-state index contributed by atoms with van der Waals surface area (Å²) in [7, 11) is -1.79. The highest BCUT2D eigenvalue weighted by molar-refractivity contribution is 7.89. The molecule has 0 bridgehead atoms. The number of ether oxygens (including phenoxy) is 1. The molecule has 15 heavy (non-hydrogen) atoms. The Morgan fingerprint density at radius 3 is 2.47 bits per heavy atom. The maximum Gasteiger partial charge on any atom is 0.214 e. The first kappa shape index (κ1) is 15.2. The molecule has 0 saturated carbocycles. The number of alkyl halides is 1. The quantitative estimate of drug-likeness (QED) is 0.668. The highest BCUT2D eigenvalue weighted by Gasteiger charge is 2.26. The topological polar surface area (TPSA) is 55.4 Å². The van der Waals surface area contributed by atoms with Crippen molar-refractivity contribution in [2.24, 2.45) is 0 Å². The van der Waals surface area contributed by atoms with Gasteiger partial charge in [-0.25, -0.2) is 13.1 Å². The van der Waals surface area contributed by atoms with E-state index in [0.717, 1.165) is 0 Å². The molecule has 0 spiro atoms. The fourth-order valence-electron chi connectivity index (χ4n) is 1.13. The monoisotopic (exact) mass is 257 g/mol.